The van der Waals surface area contributed by atoms with Gasteiger partial charge in [0.05, 0.1) is 10.6 Å². The lowest BCUT2D eigenvalue weighted by Gasteiger charge is -2.06. The van der Waals surface area contributed by atoms with E-state index in [1.54, 1.807) is 30.3 Å². The van der Waals surface area contributed by atoms with E-state index < -0.39 is 21.7 Å². The molecular formula is C17H13F3N2O2S. The van der Waals surface area contributed by atoms with Crippen LogP contribution < -0.4 is 0 Å². The van der Waals surface area contributed by atoms with E-state index in [2.05, 4.69) is 5.10 Å². The van der Waals surface area contributed by atoms with E-state index in [1.807, 2.05) is 0 Å². The van der Waals surface area contributed by atoms with Crippen molar-refractivity contribution in [1.29, 1.82) is 0 Å². The number of benzene rings is 2. The van der Waals surface area contributed by atoms with Crippen molar-refractivity contribution in [2.24, 2.45) is 0 Å². The lowest BCUT2D eigenvalue weighted by molar-refractivity contribution is -0.140. The molecule has 1 heterocycles. The molecule has 3 aromatic rings. The molecule has 0 saturated heterocycles. The molecule has 4 nitrogen and oxygen atoms in total. The van der Waals surface area contributed by atoms with Crippen LogP contribution in [-0.2, 0) is 16.0 Å². The highest BCUT2D eigenvalue weighted by Crippen LogP contribution is 2.36. The van der Waals surface area contributed by atoms with Gasteiger partial charge in [-0.15, -0.1) is 0 Å². The monoisotopic (exact) mass is 366 g/mol. The number of para-hydroxylation sites is 1. The van der Waals surface area contributed by atoms with Crippen molar-refractivity contribution in [3.8, 4) is 16.8 Å². The van der Waals surface area contributed by atoms with Crippen molar-refractivity contribution < 1.29 is 21.6 Å². The summed E-state index contributed by atoms with van der Waals surface area (Å²) >= 11 is 0. The van der Waals surface area contributed by atoms with Gasteiger partial charge in [-0.2, -0.15) is 18.3 Å². The third-order valence-electron chi connectivity index (χ3n) is 3.60. The molecule has 1 aromatic heterocycles. The molecular weight excluding hydrogens is 353 g/mol. The van der Waals surface area contributed by atoms with Crippen LogP contribution in [0.4, 0.5) is 13.2 Å². The first-order valence-electron chi connectivity index (χ1n) is 7.19. The molecule has 0 atom stereocenters. The molecule has 3 rings (SSSR count). The van der Waals surface area contributed by atoms with Crippen LogP contribution in [0.2, 0.25) is 0 Å². The molecule has 25 heavy (non-hydrogen) atoms. The lowest BCUT2D eigenvalue weighted by atomic mass is 10.1. The largest absolute Gasteiger partial charge is 0.435 e. The Bertz CT molecular complexity index is 993. The lowest BCUT2D eigenvalue weighted by Crippen LogP contribution is -2.08. The van der Waals surface area contributed by atoms with E-state index in [9.17, 15) is 21.6 Å². The first-order valence-corrected chi connectivity index (χ1v) is 9.08. The Morgan fingerprint density at radius 2 is 1.56 bits per heavy atom. The highest BCUT2D eigenvalue weighted by Gasteiger charge is 2.37. The number of nitrogens with zero attached hydrogens (tertiary/aromatic N) is 2. The molecule has 0 amide bonds. The maximum Gasteiger partial charge on any atom is 0.435 e. The Morgan fingerprint density at radius 3 is 2.08 bits per heavy atom. The van der Waals surface area contributed by atoms with Crippen LogP contribution in [-0.4, -0.2) is 24.5 Å². The predicted octanol–water partition coefficient (Wildman–Crippen LogP) is 3.96. The minimum Gasteiger partial charge on any atom is -0.240 e. The van der Waals surface area contributed by atoms with E-state index >= 15 is 0 Å². The minimum atomic E-state index is -4.63. The highest BCUT2D eigenvalue weighted by atomic mass is 32.2. The molecule has 0 bridgehead atoms. The maximum absolute atomic E-state index is 13.4. The zero-order chi connectivity index (χ0) is 18.2. The van der Waals surface area contributed by atoms with E-state index in [0.29, 0.717) is 5.69 Å². The maximum atomic E-state index is 13.4. The standard InChI is InChI=1S/C17H13F3N2O2S/c1-25(23,24)14-9-7-12(8-10-14)15-11-22(13-5-3-2-4-6-13)21-16(15)17(18,19)20/h2-11H,1H3. The fourth-order valence-corrected chi connectivity index (χ4v) is 3.02. The fourth-order valence-electron chi connectivity index (χ4n) is 2.39. The van der Waals surface area contributed by atoms with Gasteiger partial charge in [-0.25, -0.2) is 13.1 Å². The Hall–Kier alpha value is -2.61. The van der Waals surface area contributed by atoms with Crippen molar-refractivity contribution in [3.05, 3.63) is 66.5 Å². The molecule has 130 valence electrons. The molecule has 0 fully saturated rings. The number of alkyl halides is 3. The average molecular weight is 366 g/mol. The average Bonchev–Trinajstić information content (AvgIpc) is 3.01. The second-order valence-electron chi connectivity index (χ2n) is 5.47. The van der Waals surface area contributed by atoms with Gasteiger partial charge in [-0.3, -0.25) is 0 Å². The summed E-state index contributed by atoms with van der Waals surface area (Å²) < 4.78 is 64.2. The molecule has 0 saturated carbocycles. The summed E-state index contributed by atoms with van der Waals surface area (Å²) in [6, 6.07) is 13.7. The van der Waals surface area contributed by atoms with Crippen LogP contribution in [0.15, 0.2) is 65.7 Å². The van der Waals surface area contributed by atoms with Crippen LogP contribution in [0.25, 0.3) is 16.8 Å². The van der Waals surface area contributed by atoms with Gasteiger partial charge in [-0.05, 0) is 29.8 Å². The molecule has 2 aromatic carbocycles. The summed E-state index contributed by atoms with van der Waals surface area (Å²) in [5.74, 6) is 0. The van der Waals surface area contributed by atoms with Gasteiger partial charge in [-0.1, -0.05) is 30.3 Å². The zero-order valence-electron chi connectivity index (χ0n) is 13.0. The van der Waals surface area contributed by atoms with Gasteiger partial charge in [0.15, 0.2) is 15.5 Å². The fraction of sp³-hybridized carbons (Fsp3) is 0.118. The first-order chi connectivity index (χ1) is 11.7. The van der Waals surface area contributed by atoms with Crippen molar-refractivity contribution >= 4 is 9.84 Å². The van der Waals surface area contributed by atoms with Gasteiger partial charge in [0.25, 0.3) is 0 Å². The summed E-state index contributed by atoms with van der Waals surface area (Å²) in [5, 5.41) is 3.67. The summed E-state index contributed by atoms with van der Waals surface area (Å²) in [7, 11) is -3.42. The smallest absolute Gasteiger partial charge is 0.240 e. The van der Waals surface area contributed by atoms with Crippen LogP contribution in [0.1, 0.15) is 5.69 Å². The predicted molar refractivity (Wildman–Crippen MR) is 87.1 cm³/mol. The number of hydrogen-bond acceptors (Lipinski definition) is 3. The third kappa shape index (κ3) is 3.58. The van der Waals surface area contributed by atoms with E-state index in [0.717, 1.165) is 10.9 Å². The Kier molecular flexibility index (Phi) is 4.16. The van der Waals surface area contributed by atoms with Crippen LogP contribution >= 0.6 is 0 Å². The van der Waals surface area contributed by atoms with Crippen LogP contribution in [0.5, 0.6) is 0 Å². The molecule has 0 unspecified atom stereocenters. The van der Waals surface area contributed by atoms with Crippen molar-refractivity contribution in [3.63, 3.8) is 0 Å². The molecule has 0 N–H and O–H groups in total. The van der Waals surface area contributed by atoms with Gasteiger partial charge in [0.2, 0.25) is 0 Å². The molecule has 0 radical (unpaired) electrons. The zero-order valence-corrected chi connectivity index (χ0v) is 13.8. The number of hydrogen-bond donors (Lipinski definition) is 0. The summed E-state index contributed by atoms with van der Waals surface area (Å²) in [4.78, 5) is 0.0419. The van der Waals surface area contributed by atoms with Gasteiger partial charge >= 0.3 is 6.18 Å². The van der Waals surface area contributed by atoms with Gasteiger partial charge < -0.3 is 0 Å². The van der Waals surface area contributed by atoms with E-state index in [1.165, 1.54) is 30.5 Å². The Morgan fingerprint density at radius 1 is 0.960 bits per heavy atom. The summed E-state index contributed by atoms with van der Waals surface area (Å²) in [6.45, 7) is 0. The van der Waals surface area contributed by atoms with E-state index in [-0.39, 0.29) is 16.0 Å². The topological polar surface area (TPSA) is 52.0 Å². The highest BCUT2D eigenvalue weighted by molar-refractivity contribution is 7.90. The molecule has 8 heteroatoms. The van der Waals surface area contributed by atoms with Crippen LogP contribution in [0.3, 0.4) is 0 Å². The molecule has 0 spiro atoms. The number of sulfone groups is 1. The molecule has 0 aliphatic heterocycles. The third-order valence-corrected chi connectivity index (χ3v) is 4.73. The quantitative estimate of drug-likeness (QED) is 0.705. The Labute approximate surface area is 142 Å². The van der Waals surface area contributed by atoms with Crippen molar-refractivity contribution in [1.82, 2.24) is 9.78 Å². The van der Waals surface area contributed by atoms with Gasteiger partial charge in [0.1, 0.15) is 0 Å². The van der Waals surface area contributed by atoms with Crippen molar-refractivity contribution in [2.45, 2.75) is 11.1 Å². The first kappa shape index (κ1) is 17.2. The number of halogens is 3. The molecule has 0 aliphatic rings. The second-order valence-corrected chi connectivity index (χ2v) is 7.48. The SMILES string of the molecule is CS(=O)(=O)c1ccc(-c2cn(-c3ccccc3)nc2C(F)(F)F)cc1. The number of rotatable bonds is 3. The number of aromatic nitrogens is 2. The molecule has 0 aliphatic carbocycles. The second kappa shape index (κ2) is 6.03. The van der Waals surface area contributed by atoms with Gasteiger partial charge in [0, 0.05) is 18.0 Å². The van der Waals surface area contributed by atoms with Crippen molar-refractivity contribution in [2.75, 3.05) is 6.26 Å². The van der Waals surface area contributed by atoms with Crippen LogP contribution in [0, 0.1) is 0 Å². The Balaban J connectivity index is 2.13. The summed E-state index contributed by atoms with van der Waals surface area (Å²) in [5.41, 5.74) is -0.409. The normalized spacial score (nSPS) is 12.3. The summed E-state index contributed by atoms with van der Waals surface area (Å²) in [6.07, 6.45) is -2.31. The van der Waals surface area contributed by atoms with E-state index in [4.69, 9.17) is 0 Å². The minimum absolute atomic E-state index is 0.0419.